The molecule has 4 N–H and O–H groups in total. The van der Waals surface area contributed by atoms with E-state index in [-0.39, 0.29) is 22.8 Å². The number of aryl methyl sites for hydroxylation is 1. The van der Waals surface area contributed by atoms with E-state index >= 15 is 0 Å². The molecule has 0 aliphatic carbocycles. The number of aromatic amines is 1. The van der Waals surface area contributed by atoms with Gasteiger partial charge in [-0.05, 0) is 6.92 Å². The number of aromatic nitrogens is 2. The van der Waals surface area contributed by atoms with Gasteiger partial charge in [0.05, 0.1) is 17.9 Å². The first-order valence-electron chi connectivity index (χ1n) is 4.40. The molecule has 0 amide bonds. The number of nitrogens with zero attached hydrogens (tertiary/aromatic N) is 1. The fraction of sp³-hybridized carbons (Fsp3) is 0.571. The summed E-state index contributed by atoms with van der Waals surface area (Å²) in [6, 6.07) is 0. The summed E-state index contributed by atoms with van der Waals surface area (Å²) in [7, 11) is -3.99. The van der Waals surface area contributed by atoms with Gasteiger partial charge in [-0.2, -0.15) is 5.10 Å². The summed E-state index contributed by atoms with van der Waals surface area (Å²) in [5, 5.41) is 6.12. The molecule has 0 saturated heterocycles. The van der Waals surface area contributed by atoms with Gasteiger partial charge in [-0.3, -0.25) is 5.10 Å². The van der Waals surface area contributed by atoms with Crippen molar-refractivity contribution in [2.75, 3.05) is 6.54 Å². The number of nitrogens with two attached hydrogens (primary N) is 1. The molecule has 0 saturated carbocycles. The van der Waals surface area contributed by atoms with Crippen molar-refractivity contribution in [3.8, 4) is 0 Å². The van der Waals surface area contributed by atoms with E-state index in [4.69, 9.17) is 5.73 Å². The average molecular weight is 254 g/mol. The van der Waals surface area contributed by atoms with E-state index in [1.54, 1.807) is 4.72 Å². The second-order valence-corrected chi connectivity index (χ2v) is 4.78. The van der Waals surface area contributed by atoms with Crippen LogP contribution in [0.5, 0.6) is 0 Å². The maximum absolute atomic E-state index is 11.9. The first-order chi connectivity index (χ1) is 7.38. The molecular formula is C7H12F2N4O2S. The number of alkyl halides is 2. The lowest BCUT2D eigenvalue weighted by molar-refractivity contribution is 0.153. The number of hydrogen-bond acceptors (Lipinski definition) is 4. The fourth-order valence-electron chi connectivity index (χ4n) is 1.21. The lowest BCUT2D eigenvalue weighted by Crippen LogP contribution is -2.29. The zero-order chi connectivity index (χ0) is 12.3. The summed E-state index contributed by atoms with van der Waals surface area (Å²) in [4.78, 5) is -0.157. The topological polar surface area (TPSA) is 101 Å². The average Bonchev–Trinajstić information content (AvgIpc) is 2.57. The van der Waals surface area contributed by atoms with Crippen molar-refractivity contribution in [3.63, 3.8) is 0 Å². The maximum Gasteiger partial charge on any atom is 0.251 e. The van der Waals surface area contributed by atoms with Crippen LogP contribution in [-0.2, 0) is 16.6 Å². The van der Waals surface area contributed by atoms with Crippen molar-refractivity contribution < 1.29 is 17.2 Å². The van der Waals surface area contributed by atoms with Crippen molar-refractivity contribution in [3.05, 3.63) is 11.4 Å². The molecule has 0 aromatic carbocycles. The number of halogens is 2. The molecule has 0 aliphatic heterocycles. The molecule has 1 aromatic rings. The summed E-state index contributed by atoms with van der Waals surface area (Å²) >= 11 is 0. The van der Waals surface area contributed by atoms with Crippen molar-refractivity contribution in [2.24, 2.45) is 5.73 Å². The van der Waals surface area contributed by atoms with E-state index in [1.807, 2.05) is 0 Å². The highest BCUT2D eigenvalue weighted by atomic mass is 32.2. The Morgan fingerprint density at radius 2 is 2.19 bits per heavy atom. The summed E-state index contributed by atoms with van der Waals surface area (Å²) in [6.07, 6.45) is -2.75. The minimum absolute atomic E-state index is 0.0880. The third kappa shape index (κ3) is 2.74. The molecule has 9 heteroatoms. The van der Waals surface area contributed by atoms with E-state index < -0.39 is 23.0 Å². The first kappa shape index (κ1) is 13.0. The predicted molar refractivity (Wildman–Crippen MR) is 52.4 cm³/mol. The van der Waals surface area contributed by atoms with Gasteiger partial charge in [-0.25, -0.2) is 21.9 Å². The van der Waals surface area contributed by atoms with Crippen LogP contribution in [0.25, 0.3) is 0 Å². The molecule has 0 radical (unpaired) electrons. The molecule has 1 rings (SSSR count). The summed E-state index contributed by atoms with van der Waals surface area (Å²) in [5.41, 5.74) is 5.68. The van der Waals surface area contributed by atoms with Crippen molar-refractivity contribution in [1.29, 1.82) is 0 Å². The van der Waals surface area contributed by atoms with Crippen LogP contribution in [0.4, 0.5) is 8.78 Å². The molecule has 0 aliphatic rings. The quantitative estimate of drug-likeness (QED) is 0.672. The molecule has 92 valence electrons. The number of hydrogen-bond donors (Lipinski definition) is 3. The van der Waals surface area contributed by atoms with Gasteiger partial charge in [0.2, 0.25) is 10.0 Å². The van der Waals surface area contributed by atoms with Gasteiger partial charge in [0.1, 0.15) is 4.90 Å². The van der Waals surface area contributed by atoms with E-state index in [9.17, 15) is 17.2 Å². The monoisotopic (exact) mass is 254 g/mol. The molecule has 1 heterocycles. The number of rotatable bonds is 5. The minimum atomic E-state index is -3.99. The van der Waals surface area contributed by atoms with Crippen LogP contribution in [-0.4, -0.2) is 31.6 Å². The van der Waals surface area contributed by atoms with Gasteiger partial charge in [0.15, 0.2) is 0 Å². The number of nitrogens with one attached hydrogen (secondary N) is 2. The minimum Gasteiger partial charge on any atom is -0.325 e. The number of H-pyrrole nitrogens is 1. The Bertz CT molecular complexity index is 457. The zero-order valence-electron chi connectivity index (χ0n) is 8.50. The van der Waals surface area contributed by atoms with E-state index in [2.05, 4.69) is 10.2 Å². The van der Waals surface area contributed by atoms with Gasteiger partial charge in [-0.1, -0.05) is 0 Å². The first-order valence-corrected chi connectivity index (χ1v) is 5.88. The van der Waals surface area contributed by atoms with Crippen LogP contribution >= 0.6 is 0 Å². The summed E-state index contributed by atoms with van der Waals surface area (Å²) in [6.45, 7) is 0.454. The molecular weight excluding hydrogens is 242 g/mol. The molecule has 6 nitrogen and oxygen atoms in total. The Kier molecular flexibility index (Phi) is 3.94. The number of sulfonamides is 1. The zero-order valence-corrected chi connectivity index (χ0v) is 9.31. The summed E-state index contributed by atoms with van der Waals surface area (Å²) < 4.78 is 48.9. The Balaban J connectivity index is 3.02. The van der Waals surface area contributed by atoms with Gasteiger partial charge < -0.3 is 5.73 Å². The van der Waals surface area contributed by atoms with Crippen LogP contribution in [0, 0.1) is 6.92 Å². The van der Waals surface area contributed by atoms with Gasteiger partial charge in [0, 0.05) is 6.54 Å². The highest BCUT2D eigenvalue weighted by Crippen LogP contribution is 2.16. The second-order valence-electron chi connectivity index (χ2n) is 3.07. The second kappa shape index (κ2) is 4.85. The lowest BCUT2D eigenvalue weighted by Gasteiger charge is -2.06. The molecule has 0 bridgehead atoms. The molecule has 0 spiro atoms. The van der Waals surface area contributed by atoms with Crippen LogP contribution in [0.2, 0.25) is 0 Å². The van der Waals surface area contributed by atoms with E-state index in [1.165, 1.54) is 6.92 Å². The third-order valence-electron chi connectivity index (χ3n) is 1.85. The Morgan fingerprint density at radius 1 is 1.56 bits per heavy atom. The normalized spacial score (nSPS) is 12.3. The lowest BCUT2D eigenvalue weighted by atomic mass is 10.4. The van der Waals surface area contributed by atoms with Gasteiger partial charge in [0.25, 0.3) is 6.43 Å². The fourth-order valence-corrected chi connectivity index (χ4v) is 2.59. The molecule has 1 aromatic heterocycles. The van der Waals surface area contributed by atoms with Crippen molar-refractivity contribution in [2.45, 2.75) is 24.8 Å². The molecule has 16 heavy (non-hydrogen) atoms. The SMILES string of the molecule is Cc1[nH]nc(CN)c1S(=O)(=O)NCC(F)F. The Hall–Kier alpha value is -1.06. The van der Waals surface area contributed by atoms with Crippen LogP contribution in [0.1, 0.15) is 11.4 Å². The molecule has 0 fully saturated rings. The van der Waals surface area contributed by atoms with E-state index in [0.29, 0.717) is 0 Å². The third-order valence-corrected chi connectivity index (χ3v) is 3.48. The van der Waals surface area contributed by atoms with E-state index in [0.717, 1.165) is 0 Å². The molecule has 0 atom stereocenters. The highest BCUT2D eigenvalue weighted by Gasteiger charge is 2.24. The summed E-state index contributed by atoms with van der Waals surface area (Å²) in [5.74, 6) is 0. The van der Waals surface area contributed by atoms with Crippen molar-refractivity contribution in [1.82, 2.24) is 14.9 Å². The van der Waals surface area contributed by atoms with Crippen LogP contribution in [0.3, 0.4) is 0 Å². The maximum atomic E-state index is 11.9. The van der Waals surface area contributed by atoms with Crippen LogP contribution in [0.15, 0.2) is 4.90 Å². The Labute approximate surface area is 91.3 Å². The standard InChI is InChI=1S/C7H12F2N4O2S/c1-4-7(5(2-10)13-12-4)16(14,15)11-3-6(8)9/h6,11H,2-3,10H2,1H3,(H,12,13). The molecule has 0 unspecified atom stereocenters. The van der Waals surface area contributed by atoms with Crippen molar-refractivity contribution >= 4 is 10.0 Å². The van der Waals surface area contributed by atoms with Gasteiger partial charge in [-0.15, -0.1) is 0 Å². The van der Waals surface area contributed by atoms with Crippen LogP contribution < -0.4 is 10.5 Å². The Morgan fingerprint density at radius 3 is 2.69 bits per heavy atom. The largest absolute Gasteiger partial charge is 0.325 e. The predicted octanol–water partition coefficient (Wildman–Crippen LogP) is -0.280. The van der Waals surface area contributed by atoms with Gasteiger partial charge >= 0.3 is 0 Å². The smallest absolute Gasteiger partial charge is 0.251 e. The highest BCUT2D eigenvalue weighted by molar-refractivity contribution is 7.89.